The highest BCUT2D eigenvalue weighted by atomic mass is 32.2. The normalized spacial score (nSPS) is 17.1. The molecule has 34 heavy (non-hydrogen) atoms. The van der Waals surface area contributed by atoms with Gasteiger partial charge in [0.25, 0.3) is 0 Å². The van der Waals surface area contributed by atoms with E-state index in [-0.39, 0.29) is 23.4 Å². The summed E-state index contributed by atoms with van der Waals surface area (Å²) >= 11 is 1.80. The number of anilines is 1. The smallest absolute Gasteiger partial charge is 0.322 e. The second-order valence-corrected chi connectivity index (χ2v) is 12.1. The molecule has 1 fully saturated rings. The summed E-state index contributed by atoms with van der Waals surface area (Å²) in [6, 6.07) is 16.5. The average Bonchev–Trinajstić information content (AvgIpc) is 3.27. The van der Waals surface area contributed by atoms with Crippen molar-refractivity contribution in [3.05, 3.63) is 66.1 Å². The van der Waals surface area contributed by atoms with Crippen LogP contribution in [0.15, 0.2) is 68.8 Å². The number of amides is 1. The number of benzene rings is 2. The fraction of sp³-hybridized carbons (Fsp3) is 0.375. The van der Waals surface area contributed by atoms with E-state index in [0.29, 0.717) is 36.9 Å². The van der Waals surface area contributed by atoms with E-state index in [1.165, 1.54) is 9.20 Å². The molecule has 1 saturated heterocycles. The topological polar surface area (TPSA) is 105 Å². The minimum Gasteiger partial charge on any atom is -0.407 e. The van der Waals surface area contributed by atoms with Crippen molar-refractivity contribution in [2.24, 2.45) is 5.92 Å². The highest BCUT2D eigenvalue weighted by Gasteiger charge is 2.33. The summed E-state index contributed by atoms with van der Waals surface area (Å²) in [5.74, 6) is -0.414. The second kappa shape index (κ2) is 10.7. The van der Waals surface area contributed by atoms with E-state index >= 15 is 0 Å². The first-order valence-corrected chi connectivity index (χ1v) is 13.6. The van der Waals surface area contributed by atoms with Crippen LogP contribution < -0.4 is 5.32 Å². The van der Waals surface area contributed by atoms with Crippen molar-refractivity contribution >= 4 is 33.7 Å². The van der Waals surface area contributed by atoms with E-state index in [9.17, 15) is 13.2 Å². The van der Waals surface area contributed by atoms with Gasteiger partial charge in [-0.25, -0.2) is 8.42 Å². The second-order valence-electron chi connectivity index (χ2n) is 8.49. The Morgan fingerprint density at radius 1 is 1.15 bits per heavy atom. The molecule has 1 aliphatic heterocycles. The Balaban J connectivity index is 1.35. The molecule has 0 bridgehead atoms. The molecule has 0 saturated carbocycles. The van der Waals surface area contributed by atoms with Gasteiger partial charge in [-0.15, -0.1) is 16.9 Å². The number of nitrogens with one attached hydrogen (secondary N) is 1. The summed E-state index contributed by atoms with van der Waals surface area (Å²) in [6.45, 7) is 4.81. The summed E-state index contributed by atoms with van der Waals surface area (Å²) in [7, 11) is -3.64. The zero-order valence-electron chi connectivity index (χ0n) is 19.2. The lowest BCUT2D eigenvalue weighted by molar-refractivity contribution is -0.121. The molecule has 1 aliphatic rings. The van der Waals surface area contributed by atoms with E-state index in [1.54, 1.807) is 42.1 Å². The lowest BCUT2D eigenvalue weighted by Gasteiger charge is -2.30. The Bertz CT molecular complexity index is 1210. The van der Waals surface area contributed by atoms with Gasteiger partial charge >= 0.3 is 6.01 Å². The predicted molar refractivity (Wildman–Crippen MR) is 131 cm³/mol. The van der Waals surface area contributed by atoms with Gasteiger partial charge in [0.15, 0.2) is 0 Å². The number of carbonyl (C=O) groups is 1. The molecule has 4 rings (SSSR count). The molecule has 1 atom stereocenters. The van der Waals surface area contributed by atoms with Gasteiger partial charge in [0.2, 0.25) is 21.8 Å². The van der Waals surface area contributed by atoms with Crippen LogP contribution in [-0.2, 0) is 21.2 Å². The number of carbonyl (C=O) groups excluding carboxylic acids is 1. The van der Waals surface area contributed by atoms with Gasteiger partial charge < -0.3 is 4.42 Å². The van der Waals surface area contributed by atoms with E-state index in [0.717, 1.165) is 5.56 Å². The largest absolute Gasteiger partial charge is 0.407 e. The van der Waals surface area contributed by atoms with Gasteiger partial charge in [-0.05, 0) is 42.7 Å². The SMILES string of the molecule is CC(C)Sc1ccc(Cc2nnc(NC(=O)C3CCCN(S(=O)(=O)c4ccccc4)C3)o2)cc1. The van der Waals surface area contributed by atoms with Gasteiger partial charge in [-0.1, -0.05) is 49.3 Å². The monoisotopic (exact) mass is 500 g/mol. The summed E-state index contributed by atoms with van der Waals surface area (Å²) in [5.41, 5.74) is 1.03. The molecular formula is C24H28N4O4S2. The van der Waals surface area contributed by atoms with Crippen LogP contribution in [0.25, 0.3) is 0 Å². The van der Waals surface area contributed by atoms with Crippen molar-refractivity contribution in [3.63, 3.8) is 0 Å². The zero-order chi connectivity index (χ0) is 24.1. The summed E-state index contributed by atoms with van der Waals surface area (Å²) in [6.07, 6.45) is 1.65. The van der Waals surface area contributed by atoms with E-state index in [1.807, 2.05) is 12.1 Å². The maximum Gasteiger partial charge on any atom is 0.322 e. The molecule has 1 amide bonds. The van der Waals surface area contributed by atoms with Crippen LogP contribution in [-0.4, -0.2) is 47.2 Å². The number of nitrogens with zero attached hydrogens (tertiary/aromatic N) is 3. The molecule has 8 nitrogen and oxygen atoms in total. The van der Waals surface area contributed by atoms with Crippen molar-refractivity contribution < 1.29 is 17.6 Å². The van der Waals surface area contributed by atoms with Crippen molar-refractivity contribution in [2.45, 2.75) is 48.2 Å². The Labute approximate surface area is 204 Å². The summed E-state index contributed by atoms with van der Waals surface area (Å²) < 4.78 is 32.8. The Kier molecular flexibility index (Phi) is 7.70. The highest BCUT2D eigenvalue weighted by Crippen LogP contribution is 2.25. The molecule has 10 heteroatoms. The minimum absolute atomic E-state index is 0.0232. The van der Waals surface area contributed by atoms with Crippen LogP contribution in [0.3, 0.4) is 0 Å². The molecular weight excluding hydrogens is 472 g/mol. The van der Waals surface area contributed by atoms with Gasteiger partial charge in [0.1, 0.15) is 0 Å². The molecule has 0 radical (unpaired) electrons. The standard InChI is InChI=1S/C24H28N4O4S2/c1-17(2)33-20-12-10-18(11-13-20)15-22-26-27-24(32-22)25-23(29)19-7-6-14-28(16-19)34(30,31)21-8-4-3-5-9-21/h3-5,8-13,17,19H,6-7,14-16H2,1-2H3,(H,25,27,29). The Morgan fingerprint density at radius 2 is 1.88 bits per heavy atom. The van der Waals surface area contributed by atoms with E-state index in [2.05, 4.69) is 41.5 Å². The van der Waals surface area contributed by atoms with Crippen LogP contribution in [0.2, 0.25) is 0 Å². The number of rotatable bonds is 8. The molecule has 0 aliphatic carbocycles. The number of hydrogen-bond acceptors (Lipinski definition) is 7. The highest BCUT2D eigenvalue weighted by molar-refractivity contribution is 7.99. The first-order valence-electron chi connectivity index (χ1n) is 11.3. The lowest BCUT2D eigenvalue weighted by atomic mass is 9.99. The third-order valence-electron chi connectivity index (χ3n) is 5.48. The minimum atomic E-state index is -3.64. The van der Waals surface area contributed by atoms with E-state index < -0.39 is 15.9 Å². The molecule has 1 aromatic heterocycles. The number of aromatic nitrogens is 2. The van der Waals surface area contributed by atoms with Crippen molar-refractivity contribution in [2.75, 3.05) is 18.4 Å². The number of hydrogen-bond donors (Lipinski definition) is 1. The van der Waals surface area contributed by atoms with Crippen LogP contribution >= 0.6 is 11.8 Å². The van der Waals surface area contributed by atoms with Gasteiger partial charge in [-0.2, -0.15) is 4.31 Å². The van der Waals surface area contributed by atoms with Crippen LogP contribution in [0.5, 0.6) is 0 Å². The zero-order valence-corrected chi connectivity index (χ0v) is 20.8. The van der Waals surface area contributed by atoms with Crippen LogP contribution in [0.1, 0.15) is 38.1 Å². The fourth-order valence-corrected chi connectivity index (χ4v) is 6.21. The van der Waals surface area contributed by atoms with E-state index in [4.69, 9.17) is 4.42 Å². The lowest BCUT2D eigenvalue weighted by Crippen LogP contribution is -2.43. The molecule has 2 aromatic carbocycles. The summed E-state index contributed by atoms with van der Waals surface area (Å²) in [5, 5.41) is 11.1. The number of thioether (sulfide) groups is 1. The van der Waals surface area contributed by atoms with Gasteiger partial charge in [0, 0.05) is 23.2 Å². The van der Waals surface area contributed by atoms with Crippen LogP contribution in [0.4, 0.5) is 6.01 Å². The van der Waals surface area contributed by atoms with Gasteiger partial charge in [-0.3, -0.25) is 10.1 Å². The first-order chi connectivity index (χ1) is 16.3. The van der Waals surface area contributed by atoms with Gasteiger partial charge in [0.05, 0.1) is 17.2 Å². The third-order valence-corrected chi connectivity index (χ3v) is 8.38. The molecule has 1 N–H and O–H groups in total. The first kappa shape index (κ1) is 24.4. The van der Waals surface area contributed by atoms with Crippen molar-refractivity contribution in [1.29, 1.82) is 0 Å². The van der Waals surface area contributed by atoms with Crippen LogP contribution in [0, 0.1) is 5.92 Å². The third kappa shape index (κ3) is 6.05. The number of sulfonamides is 1. The molecule has 0 spiro atoms. The molecule has 180 valence electrons. The predicted octanol–water partition coefficient (Wildman–Crippen LogP) is 4.20. The Morgan fingerprint density at radius 3 is 2.59 bits per heavy atom. The molecule has 2 heterocycles. The average molecular weight is 501 g/mol. The maximum atomic E-state index is 12.9. The molecule has 1 unspecified atom stereocenters. The molecule has 3 aromatic rings. The fourth-order valence-electron chi connectivity index (χ4n) is 3.83. The van der Waals surface area contributed by atoms with Crippen molar-refractivity contribution in [3.8, 4) is 0 Å². The quantitative estimate of drug-likeness (QED) is 0.462. The van der Waals surface area contributed by atoms with Crippen molar-refractivity contribution in [1.82, 2.24) is 14.5 Å². The maximum absolute atomic E-state index is 12.9. The Hall–Kier alpha value is -2.69. The summed E-state index contributed by atoms with van der Waals surface area (Å²) in [4.78, 5) is 14.2. The number of piperidine rings is 1.